The molecule has 0 saturated carbocycles. The second-order valence-corrected chi connectivity index (χ2v) is 8.30. The summed E-state index contributed by atoms with van der Waals surface area (Å²) in [5.74, 6) is 4.24. The molecule has 4 aromatic rings. The Morgan fingerprint density at radius 3 is 2.03 bits per heavy atom. The van der Waals surface area contributed by atoms with Crippen molar-refractivity contribution in [2.45, 2.75) is 25.2 Å². The molecule has 0 bridgehead atoms. The summed E-state index contributed by atoms with van der Waals surface area (Å²) in [6, 6.07) is 9.73. The first kappa shape index (κ1) is 20.4. The Balaban J connectivity index is 1.76. The van der Waals surface area contributed by atoms with Crippen LogP contribution in [0.15, 0.2) is 45.7 Å². The summed E-state index contributed by atoms with van der Waals surface area (Å²) in [7, 11) is 6.50. The third kappa shape index (κ3) is 2.79. The minimum atomic E-state index is -0.416. The monoisotopic (exact) mass is 434 g/mol. The first-order chi connectivity index (χ1) is 15.4. The molecule has 6 heteroatoms. The fraction of sp³-hybridized carbons (Fsp3) is 0.308. The van der Waals surface area contributed by atoms with E-state index in [1.807, 2.05) is 24.3 Å². The van der Waals surface area contributed by atoms with E-state index in [9.17, 15) is 0 Å². The predicted octanol–water partition coefficient (Wildman–Crippen LogP) is 6.33. The highest BCUT2D eigenvalue weighted by Gasteiger charge is 2.42. The highest BCUT2D eigenvalue weighted by atomic mass is 16.5. The van der Waals surface area contributed by atoms with Crippen LogP contribution in [0.2, 0.25) is 0 Å². The Morgan fingerprint density at radius 2 is 1.38 bits per heavy atom. The van der Waals surface area contributed by atoms with E-state index in [2.05, 4.69) is 19.6 Å². The summed E-state index contributed by atoms with van der Waals surface area (Å²) in [5.41, 5.74) is 3.10. The zero-order chi connectivity index (χ0) is 22.6. The molecule has 0 unspecified atom stereocenters. The largest absolute Gasteiger partial charge is 0.493 e. The number of rotatable bonds is 5. The highest BCUT2D eigenvalue weighted by molar-refractivity contribution is 5.92. The van der Waals surface area contributed by atoms with Gasteiger partial charge >= 0.3 is 0 Å². The van der Waals surface area contributed by atoms with E-state index in [1.54, 1.807) is 28.4 Å². The number of hydrogen-bond acceptors (Lipinski definition) is 6. The number of benzene rings is 2. The van der Waals surface area contributed by atoms with Gasteiger partial charge < -0.3 is 27.8 Å². The van der Waals surface area contributed by atoms with Crippen molar-refractivity contribution in [1.29, 1.82) is 0 Å². The average molecular weight is 434 g/mol. The number of fused-ring (bicyclic) bond motifs is 4. The molecule has 1 aliphatic rings. The molecule has 0 aliphatic heterocycles. The van der Waals surface area contributed by atoms with Gasteiger partial charge in [-0.05, 0) is 43.5 Å². The number of methoxy groups -OCH3 is 4. The molecule has 32 heavy (non-hydrogen) atoms. The van der Waals surface area contributed by atoms with Gasteiger partial charge in [-0.25, -0.2) is 0 Å². The standard InChI is InChI=1S/C26H26O6/c1-14-7-8-26(2,23-10-15-9-19(27-3)21(29-5)12-17(15)31-23)24-16-11-20(28-4)22(30-6)13-18(16)32-25(14)24/h9-13H,1,7-8H2,2-6H3/t26-/m1/s1. The highest BCUT2D eigenvalue weighted by Crippen LogP contribution is 2.52. The number of ether oxygens (including phenoxy) is 4. The molecular weight excluding hydrogens is 408 g/mol. The van der Waals surface area contributed by atoms with E-state index in [4.69, 9.17) is 27.8 Å². The van der Waals surface area contributed by atoms with Gasteiger partial charge in [-0.15, -0.1) is 0 Å². The topological polar surface area (TPSA) is 63.2 Å². The first-order valence-corrected chi connectivity index (χ1v) is 10.5. The second kappa shape index (κ2) is 7.26. The third-order valence-corrected chi connectivity index (χ3v) is 6.56. The quantitative estimate of drug-likeness (QED) is 0.366. The Bertz CT molecular complexity index is 1320. The van der Waals surface area contributed by atoms with Crippen molar-refractivity contribution in [1.82, 2.24) is 0 Å². The Labute approximate surface area is 186 Å². The molecule has 1 atom stereocenters. The lowest BCUT2D eigenvalue weighted by Gasteiger charge is -2.32. The average Bonchev–Trinajstić information content (AvgIpc) is 3.41. The molecule has 0 amide bonds. The van der Waals surface area contributed by atoms with Gasteiger partial charge in [-0.1, -0.05) is 6.58 Å². The molecule has 0 N–H and O–H groups in total. The van der Waals surface area contributed by atoms with Crippen LogP contribution in [0.25, 0.3) is 27.5 Å². The van der Waals surface area contributed by atoms with Crippen molar-refractivity contribution in [3.05, 3.63) is 54.0 Å². The molecule has 0 spiro atoms. The normalized spacial score (nSPS) is 18.1. The van der Waals surface area contributed by atoms with E-state index in [0.717, 1.165) is 57.4 Å². The predicted molar refractivity (Wildman–Crippen MR) is 123 cm³/mol. The van der Waals surface area contributed by atoms with Crippen molar-refractivity contribution in [2.75, 3.05) is 28.4 Å². The van der Waals surface area contributed by atoms with Crippen LogP contribution in [-0.4, -0.2) is 28.4 Å². The van der Waals surface area contributed by atoms with Crippen LogP contribution >= 0.6 is 0 Å². The summed E-state index contributed by atoms with van der Waals surface area (Å²) in [4.78, 5) is 0. The van der Waals surface area contributed by atoms with Crippen LogP contribution < -0.4 is 18.9 Å². The lowest BCUT2D eigenvalue weighted by atomic mass is 9.70. The maximum atomic E-state index is 6.40. The van der Waals surface area contributed by atoms with Crippen LogP contribution in [-0.2, 0) is 5.41 Å². The number of hydrogen-bond donors (Lipinski definition) is 0. The lowest BCUT2D eigenvalue weighted by molar-refractivity contribution is 0.354. The van der Waals surface area contributed by atoms with Crippen molar-refractivity contribution < 1.29 is 27.8 Å². The van der Waals surface area contributed by atoms with Crippen LogP contribution in [0, 0.1) is 0 Å². The summed E-state index contributed by atoms with van der Waals surface area (Å²) in [6.07, 6.45) is 1.65. The van der Waals surface area contributed by atoms with Gasteiger partial charge in [0.1, 0.15) is 22.7 Å². The second-order valence-electron chi connectivity index (χ2n) is 8.30. The molecule has 0 saturated heterocycles. The maximum Gasteiger partial charge on any atom is 0.164 e. The van der Waals surface area contributed by atoms with Gasteiger partial charge in [-0.2, -0.15) is 0 Å². The Kier molecular flexibility index (Phi) is 4.62. The van der Waals surface area contributed by atoms with E-state index < -0.39 is 5.41 Å². The van der Waals surface area contributed by atoms with Crippen LogP contribution in [0.5, 0.6) is 23.0 Å². The van der Waals surface area contributed by atoms with Gasteiger partial charge in [0.2, 0.25) is 0 Å². The molecule has 166 valence electrons. The zero-order valence-electron chi connectivity index (χ0n) is 19.0. The first-order valence-electron chi connectivity index (χ1n) is 10.5. The van der Waals surface area contributed by atoms with E-state index in [1.165, 1.54) is 0 Å². The molecule has 2 aromatic heterocycles. The van der Waals surface area contributed by atoms with Gasteiger partial charge in [0.05, 0.1) is 33.9 Å². The third-order valence-electron chi connectivity index (χ3n) is 6.56. The van der Waals surface area contributed by atoms with Crippen molar-refractivity contribution in [3.8, 4) is 23.0 Å². The Morgan fingerprint density at radius 1 is 0.781 bits per heavy atom. The molecule has 2 heterocycles. The van der Waals surface area contributed by atoms with Crippen LogP contribution in [0.3, 0.4) is 0 Å². The lowest BCUT2D eigenvalue weighted by Crippen LogP contribution is -2.27. The van der Waals surface area contributed by atoms with Gasteiger partial charge in [-0.3, -0.25) is 0 Å². The van der Waals surface area contributed by atoms with Crippen molar-refractivity contribution >= 4 is 27.5 Å². The van der Waals surface area contributed by atoms with Crippen molar-refractivity contribution in [3.63, 3.8) is 0 Å². The van der Waals surface area contributed by atoms with Crippen LogP contribution in [0.1, 0.15) is 36.8 Å². The number of furan rings is 2. The SMILES string of the molecule is C=C1CC[C@](C)(c2cc3cc(OC)c(OC)cc3o2)c2c1oc1cc(OC)c(OC)cc21. The fourth-order valence-corrected chi connectivity index (χ4v) is 4.74. The molecular formula is C26H26O6. The number of allylic oxidation sites excluding steroid dienone is 1. The zero-order valence-corrected chi connectivity index (χ0v) is 19.0. The molecule has 0 radical (unpaired) electrons. The van der Waals surface area contributed by atoms with Gasteiger partial charge in [0.15, 0.2) is 23.0 Å². The smallest absolute Gasteiger partial charge is 0.164 e. The fourth-order valence-electron chi connectivity index (χ4n) is 4.74. The van der Waals surface area contributed by atoms with E-state index >= 15 is 0 Å². The summed E-state index contributed by atoms with van der Waals surface area (Å²) in [5, 5.41) is 1.92. The van der Waals surface area contributed by atoms with Crippen LogP contribution in [0.4, 0.5) is 0 Å². The minimum Gasteiger partial charge on any atom is -0.493 e. The van der Waals surface area contributed by atoms with E-state index in [0.29, 0.717) is 23.0 Å². The van der Waals surface area contributed by atoms with Gasteiger partial charge in [0, 0.05) is 28.5 Å². The summed E-state index contributed by atoms with van der Waals surface area (Å²) >= 11 is 0. The van der Waals surface area contributed by atoms with Crippen molar-refractivity contribution in [2.24, 2.45) is 0 Å². The molecule has 1 aliphatic carbocycles. The summed E-state index contributed by atoms with van der Waals surface area (Å²) < 4.78 is 34.6. The molecule has 0 fully saturated rings. The van der Waals surface area contributed by atoms with Gasteiger partial charge in [0.25, 0.3) is 0 Å². The molecule has 2 aromatic carbocycles. The maximum absolute atomic E-state index is 6.40. The minimum absolute atomic E-state index is 0.416. The molecule has 5 rings (SSSR count). The Hall–Kier alpha value is -3.54. The van der Waals surface area contributed by atoms with E-state index in [-0.39, 0.29) is 0 Å². The summed E-state index contributed by atoms with van der Waals surface area (Å²) in [6.45, 7) is 6.45. The molecule has 6 nitrogen and oxygen atoms in total.